The van der Waals surface area contributed by atoms with Gasteiger partial charge < -0.3 is 10.2 Å². The highest BCUT2D eigenvalue weighted by Crippen LogP contribution is 2.35. The molecule has 1 amide bonds. The normalized spacial score (nSPS) is 13.2. The lowest BCUT2D eigenvalue weighted by Crippen LogP contribution is -2.30. The molecule has 3 heterocycles. The standard InChI is InChI=1S/C24H23N5OS2/c1-2-16-7-9-19(10-8-16)27-20(30)14-31-23-21-22(25-15-26-23)28-24(32-21)29-12-11-17-5-3-4-6-18(17)13-29/h3-10,15H,2,11-14H2,1H3,(H,27,30). The summed E-state index contributed by atoms with van der Waals surface area (Å²) in [7, 11) is 0. The molecule has 6 nitrogen and oxygen atoms in total. The fourth-order valence-electron chi connectivity index (χ4n) is 3.77. The summed E-state index contributed by atoms with van der Waals surface area (Å²) in [6.07, 6.45) is 3.52. The van der Waals surface area contributed by atoms with E-state index in [4.69, 9.17) is 4.98 Å². The number of aromatic nitrogens is 3. The van der Waals surface area contributed by atoms with E-state index in [1.165, 1.54) is 34.8 Å². The van der Waals surface area contributed by atoms with Crippen molar-refractivity contribution in [2.24, 2.45) is 0 Å². The topological polar surface area (TPSA) is 71.0 Å². The van der Waals surface area contributed by atoms with Crippen LogP contribution in [0.1, 0.15) is 23.6 Å². The van der Waals surface area contributed by atoms with E-state index in [1.54, 1.807) is 11.3 Å². The Kier molecular flexibility index (Phi) is 6.05. The minimum Gasteiger partial charge on any atom is -0.343 e. The first-order valence-electron chi connectivity index (χ1n) is 10.6. The quantitative estimate of drug-likeness (QED) is 0.324. The Morgan fingerprint density at radius 3 is 2.75 bits per heavy atom. The van der Waals surface area contributed by atoms with Gasteiger partial charge in [-0.15, -0.1) is 0 Å². The number of nitrogens with zero attached hydrogens (tertiary/aromatic N) is 4. The summed E-state index contributed by atoms with van der Waals surface area (Å²) in [5.74, 6) is 0.231. The zero-order valence-corrected chi connectivity index (χ0v) is 19.4. The number of thioether (sulfide) groups is 1. The third-order valence-electron chi connectivity index (χ3n) is 5.53. The number of hydrogen-bond acceptors (Lipinski definition) is 7. The molecule has 8 heteroatoms. The van der Waals surface area contributed by atoms with Crippen molar-refractivity contribution in [3.05, 3.63) is 71.5 Å². The number of carbonyl (C=O) groups is 1. The van der Waals surface area contributed by atoms with Gasteiger partial charge in [0.15, 0.2) is 10.8 Å². The molecular formula is C24H23N5OS2. The summed E-state index contributed by atoms with van der Waals surface area (Å²) >= 11 is 3.02. The van der Waals surface area contributed by atoms with E-state index >= 15 is 0 Å². The summed E-state index contributed by atoms with van der Waals surface area (Å²) in [4.78, 5) is 28.3. The lowest BCUT2D eigenvalue weighted by molar-refractivity contribution is -0.113. The van der Waals surface area contributed by atoms with Gasteiger partial charge in [0.25, 0.3) is 0 Å². The third kappa shape index (κ3) is 4.47. The lowest BCUT2D eigenvalue weighted by Gasteiger charge is -2.28. The van der Waals surface area contributed by atoms with Crippen LogP contribution < -0.4 is 10.2 Å². The largest absolute Gasteiger partial charge is 0.343 e. The minimum absolute atomic E-state index is 0.0524. The van der Waals surface area contributed by atoms with Gasteiger partial charge in [-0.2, -0.15) is 4.98 Å². The van der Waals surface area contributed by atoms with Crippen molar-refractivity contribution in [2.75, 3.05) is 22.5 Å². The van der Waals surface area contributed by atoms with Crippen molar-refractivity contribution in [1.82, 2.24) is 15.0 Å². The number of rotatable bonds is 6. The Morgan fingerprint density at radius 1 is 1.12 bits per heavy atom. The lowest BCUT2D eigenvalue weighted by atomic mass is 10.0. The van der Waals surface area contributed by atoms with Crippen molar-refractivity contribution < 1.29 is 4.79 Å². The first-order chi connectivity index (χ1) is 15.7. The highest BCUT2D eigenvalue weighted by atomic mass is 32.2. The van der Waals surface area contributed by atoms with Gasteiger partial charge in [-0.05, 0) is 41.7 Å². The Morgan fingerprint density at radius 2 is 1.94 bits per heavy atom. The van der Waals surface area contributed by atoms with Crippen LogP contribution in [0.25, 0.3) is 10.3 Å². The third-order valence-corrected chi connectivity index (χ3v) is 7.77. The Bertz CT molecular complexity index is 1250. The van der Waals surface area contributed by atoms with E-state index in [0.29, 0.717) is 5.65 Å². The molecule has 0 atom stereocenters. The molecule has 0 fully saturated rings. The van der Waals surface area contributed by atoms with E-state index in [9.17, 15) is 4.79 Å². The molecule has 0 spiro atoms. The van der Waals surface area contributed by atoms with Crippen LogP contribution in [0.3, 0.4) is 0 Å². The molecule has 1 N–H and O–H groups in total. The van der Waals surface area contributed by atoms with Crippen LogP contribution in [-0.4, -0.2) is 33.2 Å². The molecule has 162 valence electrons. The van der Waals surface area contributed by atoms with Crippen LogP contribution >= 0.6 is 23.1 Å². The monoisotopic (exact) mass is 461 g/mol. The van der Waals surface area contributed by atoms with Crippen LogP contribution in [0, 0.1) is 0 Å². The fourth-order valence-corrected chi connectivity index (χ4v) is 5.69. The first kappa shape index (κ1) is 20.9. The number of anilines is 2. The number of aryl methyl sites for hydroxylation is 1. The molecule has 1 aliphatic rings. The second kappa shape index (κ2) is 9.26. The van der Waals surface area contributed by atoms with Crippen LogP contribution in [0.5, 0.6) is 0 Å². The average Bonchev–Trinajstić information content (AvgIpc) is 3.28. The highest BCUT2D eigenvalue weighted by molar-refractivity contribution is 8.00. The number of amides is 1. The molecule has 0 bridgehead atoms. The molecule has 1 aliphatic heterocycles. The highest BCUT2D eigenvalue weighted by Gasteiger charge is 2.21. The first-order valence-corrected chi connectivity index (χ1v) is 12.4. The molecule has 0 unspecified atom stereocenters. The van der Waals surface area contributed by atoms with Gasteiger partial charge in [0.2, 0.25) is 5.91 Å². The molecule has 2 aromatic heterocycles. The number of fused-ring (bicyclic) bond motifs is 2. The van der Waals surface area contributed by atoms with Crippen molar-refractivity contribution in [1.29, 1.82) is 0 Å². The molecule has 32 heavy (non-hydrogen) atoms. The number of carbonyl (C=O) groups excluding carboxylic acids is 1. The fraction of sp³-hybridized carbons (Fsp3) is 0.250. The number of nitrogens with one attached hydrogen (secondary N) is 1. The maximum Gasteiger partial charge on any atom is 0.234 e. The molecule has 0 saturated heterocycles. The van der Waals surface area contributed by atoms with Crippen molar-refractivity contribution in [2.45, 2.75) is 31.3 Å². The second-order valence-corrected chi connectivity index (χ2v) is 9.60. The predicted octanol–water partition coefficient (Wildman–Crippen LogP) is 4.94. The zero-order chi connectivity index (χ0) is 21.9. The Labute approximate surface area is 195 Å². The van der Waals surface area contributed by atoms with Gasteiger partial charge in [-0.1, -0.05) is 66.4 Å². The summed E-state index contributed by atoms with van der Waals surface area (Å²) in [6.45, 7) is 3.90. The van der Waals surface area contributed by atoms with Gasteiger partial charge >= 0.3 is 0 Å². The van der Waals surface area contributed by atoms with Crippen LogP contribution in [-0.2, 0) is 24.2 Å². The van der Waals surface area contributed by atoms with Gasteiger partial charge in [-0.3, -0.25) is 4.79 Å². The van der Waals surface area contributed by atoms with Crippen molar-refractivity contribution >= 4 is 50.2 Å². The molecule has 0 radical (unpaired) electrons. The number of benzene rings is 2. The predicted molar refractivity (Wildman–Crippen MR) is 132 cm³/mol. The van der Waals surface area contributed by atoms with Crippen molar-refractivity contribution in [3.63, 3.8) is 0 Å². The maximum absolute atomic E-state index is 12.4. The molecule has 2 aromatic carbocycles. The van der Waals surface area contributed by atoms with Crippen LogP contribution in [0.4, 0.5) is 10.8 Å². The number of thiazole rings is 1. The molecule has 4 aromatic rings. The van der Waals surface area contributed by atoms with Gasteiger partial charge in [-0.25, -0.2) is 9.97 Å². The van der Waals surface area contributed by atoms with E-state index in [0.717, 1.165) is 46.5 Å². The molecule has 5 rings (SSSR count). The maximum atomic E-state index is 12.4. The molecule has 0 aliphatic carbocycles. The summed E-state index contributed by atoms with van der Waals surface area (Å²) in [6, 6.07) is 16.5. The van der Waals surface area contributed by atoms with E-state index < -0.39 is 0 Å². The van der Waals surface area contributed by atoms with Gasteiger partial charge in [0.1, 0.15) is 16.1 Å². The molecule has 0 saturated carbocycles. The number of hydrogen-bond donors (Lipinski definition) is 1. The SMILES string of the molecule is CCc1ccc(NC(=O)CSc2ncnc3nc(N4CCc5ccccc5C4)sc23)cc1. The van der Waals surface area contributed by atoms with Crippen LogP contribution in [0.2, 0.25) is 0 Å². The smallest absolute Gasteiger partial charge is 0.234 e. The summed E-state index contributed by atoms with van der Waals surface area (Å²) in [5, 5.41) is 4.71. The molecular weight excluding hydrogens is 438 g/mol. The van der Waals surface area contributed by atoms with E-state index in [-0.39, 0.29) is 11.7 Å². The zero-order valence-electron chi connectivity index (χ0n) is 17.7. The Hall–Kier alpha value is -2.97. The average molecular weight is 462 g/mol. The summed E-state index contributed by atoms with van der Waals surface area (Å²) < 4.78 is 0.937. The van der Waals surface area contributed by atoms with Gasteiger partial charge in [0.05, 0.1) is 5.75 Å². The van der Waals surface area contributed by atoms with E-state index in [1.807, 2.05) is 24.3 Å². The van der Waals surface area contributed by atoms with Crippen LogP contribution in [0.15, 0.2) is 59.9 Å². The van der Waals surface area contributed by atoms with E-state index in [2.05, 4.69) is 51.4 Å². The Balaban J connectivity index is 1.28. The van der Waals surface area contributed by atoms with Crippen molar-refractivity contribution in [3.8, 4) is 0 Å². The van der Waals surface area contributed by atoms with Gasteiger partial charge in [0, 0.05) is 18.8 Å². The second-order valence-electron chi connectivity index (χ2n) is 7.66. The summed E-state index contributed by atoms with van der Waals surface area (Å²) in [5.41, 5.74) is 5.51. The minimum atomic E-state index is -0.0524.